The van der Waals surface area contributed by atoms with Crippen LogP contribution in [0.15, 0.2) is 0 Å². The minimum atomic E-state index is -3.09. The van der Waals surface area contributed by atoms with Crippen LogP contribution in [0.2, 0.25) is 0 Å². The van der Waals surface area contributed by atoms with Gasteiger partial charge in [-0.1, -0.05) is 0 Å². The summed E-state index contributed by atoms with van der Waals surface area (Å²) in [6.45, 7) is 3.34. The summed E-state index contributed by atoms with van der Waals surface area (Å²) in [5, 5.41) is 2.09. The molecule has 2 heterocycles. The fourth-order valence-corrected chi connectivity index (χ4v) is 4.37. The number of piperazine rings is 1. The van der Waals surface area contributed by atoms with Gasteiger partial charge < -0.3 is 10.2 Å². The average Bonchev–Trinajstić information content (AvgIpc) is 2.53. The van der Waals surface area contributed by atoms with Gasteiger partial charge in [0.05, 0.1) is 17.5 Å². The maximum atomic E-state index is 12.1. The smallest absolute Gasteiger partial charge is 0.248 e. The second kappa shape index (κ2) is 4.22. The Morgan fingerprint density at radius 1 is 1.39 bits per heavy atom. The number of amides is 2. The van der Waals surface area contributed by atoms with Crippen LogP contribution in [0.3, 0.4) is 0 Å². The van der Waals surface area contributed by atoms with Crippen LogP contribution in [0.1, 0.15) is 26.7 Å². The maximum absolute atomic E-state index is 12.1. The van der Waals surface area contributed by atoms with E-state index in [0.717, 1.165) is 0 Å². The van der Waals surface area contributed by atoms with Crippen LogP contribution >= 0.6 is 0 Å². The Bertz CT molecular complexity index is 483. The van der Waals surface area contributed by atoms with Gasteiger partial charge in [-0.15, -0.1) is 0 Å². The van der Waals surface area contributed by atoms with Crippen LogP contribution in [0.5, 0.6) is 0 Å². The minimum absolute atomic E-state index is 0.0473. The molecule has 2 aliphatic rings. The van der Waals surface area contributed by atoms with E-state index in [1.165, 1.54) is 4.90 Å². The van der Waals surface area contributed by atoms with Crippen molar-refractivity contribution in [1.29, 1.82) is 0 Å². The molecule has 2 fully saturated rings. The molecule has 0 radical (unpaired) electrons. The zero-order chi connectivity index (χ0) is 13.6. The van der Waals surface area contributed by atoms with Crippen LogP contribution in [0.4, 0.5) is 0 Å². The number of sulfone groups is 1. The molecule has 1 N–H and O–H groups in total. The van der Waals surface area contributed by atoms with Crippen LogP contribution in [-0.2, 0) is 19.4 Å². The SMILES string of the molecule is CC1(C)NC(=O)CN(CC2CCCS2(=O)=O)C1=O. The van der Waals surface area contributed by atoms with Crippen molar-refractivity contribution in [2.45, 2.75) is 37.5 Å². The van der Waals surface area contributed by atoms with Crippen LogP contribution in [0.25, 0.3) is 0 Å². The summed E-state index contributed by atoms with van der Waals surface area (Å²) in [6, 6.07) is 0. The van der Waals surface area contributed by atoms with E-state index in [-0.39, 0.29) is 30.7 Å². The molecule has 0 spiro atoms. The lowest BCUT2D eigenvalue weighted by Crippen LogP contribution is -2.64. The Hall–Kier alpha value is -1.11. The third-order valence-corrected chi connectivity index (χ3v) is 5.75. The molecule has 2 saturated heterocycles. The monoisotopic (exact) mass is 274 g/mol. The highest BCUT2D eigenvalue weighted by Crippen LogP contribution is 2.23. The number of hydrogen-bond acceptors (Lipinski definition) is 4. The summed E-state index contributed by atoms with van der Waals surface area (Å²) in [4.78, 5) is 25.0. The number of rotatable bonds is 2. The van der Waals surface area contributed by atoms with E-state index in [2.05, 4.69) is 5.32 Å². The molecule has 18 heavy (non-hydrogen) atoms. The average molecular weight is 274 g/mol. The van der Waals surface area contributed by atoms with Gasteiger partial charge in [-0.25, -0.2) is 8.42 Å². The van der Waals surface area contributed by atoms with E-state index < -0.39 is 20.6 Å². The Morgan fingerprint density at radius 3 is 2.61 bits per heavy atom. The molecular weight excluding hydrogens is 256 g/mol. The van der Waals surface area contributed by atoms with Gasteiger partial charge in [0.2, 0.25) is 11.8 Å². The first-order chi connectivity index (χ1) is 8.22. The molecule has 6 nitrogen and oxygen atoms in total. The summed E-state index contributed by atoms with van der Waals surface area (Å²) in [6.07, 6.45) is 1.22. The fourth-order valence-electron chi connectivity index (χ4n) is 2.54. The topological polar surface area (TPSA) is 83.6 Å². The minimum Gasteiger partial charge on any atom is -0.341 e. The van der Waals surface area contributed by atoms with Crippen LogP contribution < -0.4 is 5.32 Å². The van der Waals surface area contributed by atoms with E-state index in [4.69, 9.17) is 0 Å². The Labute approximate surface area is 107 Å². The molecule has 0 aromatic carbocycles. The van der Waals surface area contributed by atoms with Crippen molar-refractivity contribution in [3.63, 3.8) is 0 Å². The summed E-state index contributed by atoms with van der Waals surface area (Å²) in [7, 11) is -3.09. The first kappa shape index (κ1) is 13.3. The van der Waals surface area contributed by atoms with Gasteiger partial charge >= 0.3 is 0 Å². The Balaban J connectivity index is 2.14. The molecule has 1 atom stereocenters. The summed E-state index contributed by atoms with van der Waals surface area (Å²) < 4.78 is 23.5. The van der Waals surface area contributed by atoms with E-state index in [9.17, 15) is 18.0 Å². The lowest BCUT2D eigenvalue weighted by molar-refractivity contribution is -0.148. The molecule has 102 valence electrons. The second-order valence-electron chi connectivity index (χ2n) is 5.49. The highest BCUT2D eigenvalue weighted by atomic mass is 32.2. The normalized spacial score (nSPS) is 30.3. The van der Waals surface area contributed by atoms with Gasteiger partial charge in [0.1, 0.15) is 5.54 Å². The molecule has 1 unspecified atom stereocenters. The molecule has 0 aromatic heterocycles. The van der Waals surface area contributed by atoms with Crippen LogP contribution in [-0.4, -0.2) is 54.8 Å². The molecular formula is C11H18N2O4S. The van der Waals surface area contributed by atoms with Gasteiger partial charge in [0.15, 0.2) is 9.84 Å². The van der Waals surface area contributed by atoms with E-state index in [1.54, 1.807) is 13.8 Å². The predicted octanol–water partition coefficient (Wildman–Crippen LogP) is -0.699. The van der Waals surface area contributed by atoms with E-state index in [0.29, 0.717) is 12.8 Å². The lowest BCUT2D eigenvalue weighted by Gasteiger charge is -2.38. The highest BCUT2D eigenvalue weighted by molar-refractivity contribution is 7.92. The van der Waals surface area contributed by atoms with Crippen molar-refractivity contribution in [3.05, 3.63) is 0 Å². The number of nitrogens with zero attached hydrogens (tertiary/aromatic N) is 1. The molecule has 0 saturated carbocycles. The summed E-state index contributed by atoms with van der Waals surface area (Å²) >= 11 is 0. The molecule has 0 bridgehead atoms. The fraction of sp³-hybridized carbons (Fsp3) is 0.818. The Kier molecular flexibility index (Phi) is 3.12. The third-order valence-electron chi connectivity index (χ3n) is 3.50. The predicted molar refractivity (Wildman–Crippen MR) is 65.6 cm³/mol. The molecule has 2 aliphatic heterocycles. The van der Waals surface area contributed by atoms with Crippen molar-refractivity contribution >= 4 is 21.7 Å². The first-order valence-electron chi connectivity index (χ1n) is 6.04. The third kappa shape index (κ3) is 2.36. The Morgan fingerprint density at radius 2 is 2.06 bits per heavy atom. The van der Waals surface area contributed by atoms with Crippen molar-refractivity contribution in [1.82, 2.24) is 10.2 Å². The van der Waals surface area contributed by atoms with Gasteiger partial charge in [-0.05, 0) is 26.7 Å². The number of carbonyl (C=O) groups is 2. The quantitative estimate of drug-likeness (QED) is 0.722. The number of nitrogens with one attached hydrogen (secondary N) is 1. The van der Waals surface area contributed by atoms with Crippen LogP contribution in [0, 0.1) is 0 Å². The number of carbonyl (C=O) groups excluding carboxylic acids is 2. The molecule has 2 amide bonds. The van der Waals surface area contributed by atoms with Crippen molar-refractivity contribution in [3.8, 4) is 0 Å². The highest BCUT2D eigenvalue weighted by Gasteiger charge is 2.42. The van der Waals surface area contributed by atoms with Crippen molar-refractivity contribution in [2.24, 2.45) is 0 Å². The standard InChI is InChI=1S/C11H18N2O4S/c1-11(2)10(15)13(7-9(14)12-11)6-8-4-3-5-18(8,16)17/h8H,3-7H2,1-2H3,(H,12,14). The zero-order valence-corrected chi connectivity index (χ0v) is 11.4. The van der Waals surface area contributed by atoms with E-state index in [1.807, 2.05) is 0 Å². The van der Waals surface area contributed by atoms with E-state index >= 15 is 0 Å². The van der Waals surface area contributed by atoms with Gasteiger partial charge in [-0.3, -0.25) is 9.59 Å². The summed E-state index contributed by atoms with van der Waals surface area (Å²) in [5.41, 5.74) is -0.947. The molecule has 0 aromatic rings. The number of hydrogen-bond donors (Lipinski definition) is 1. The largest absolute Gasteiger partial charge is 0.341 e. The molecule has 0 aliphatic carbocycles. The van der Waals surface area contributed by atoms with Crippen molar-refractivity contribution in [2.75, 3.05) is 18.8 Å². The maximum Gasteiger partial charge on any atom is 0.248 e. The van der Waals surface area contributed by atoms with Gasteiger partial charge in [-0.2, -0.15) is 0 Å². The second-order valence-corrected chi connectivity index (χ2v) is 7.89. The van der Waals surface area contributed by atoms with Gasteiger partial charge in [0, 0.05) is 6.54 Å². The van der Waals surface area contributed by atoms with Crippen molar-refractivity contribution < 1.29 is 18.0 Å². The van der Waals surface area contributed by atoms with Gasteiger partial charge in [0.25, 0.3) is 0 Å². The first-order valence-corrected chi connectivity index (χ1v) is 7.76. The summed E-state index contributed by atoms with van der Waals surface area (Å²) in [5.74, 6) is -0.269. The molecule has 2 rings (SSSR count). The zero-order valence-electron chi connectivity index (χ0n) is 10.6. The molecule has 7 heteroatoms. The lowest BCUT2D eigenvalue weighted by atomic mass is 10.00.